The van der Waals surface area contributed by atoms with Gasteiger partial charge in [-0.1, -0.05) is 0 Å². The molecule has 0 radical (unpaired) electrons. The van der Waals surface area contributed by atoms with E-state index in [1.807, 2.05) is 0 Å². The van der Waals surface area contributed by atoms with Crippen LogP contribution in [-0.2, 0) is 11.3 Å². The topological polar surface area (TPSA) is 101 Å². The minimum absolute atomic E-state index is 0.139. The fourth-order valence-electron chi connectivity index (χ4n) is 1.22. The Morgan fingerprint density at radius 1 is 1.71 bits per heavy atom. The van der Waals surface area contributed by atoms with Gasteiger partial charge < -0.3 is 15.9 Å². The van der Waals surface area contributed by atoms with Crippen molar-refractivity contribution in [2.24, 2.45) is 5.73 Å². The van der Waals surface area contributed by atoms with E-state index in [0.29, 0.717) is 11.5 Å². The minimum atomic E-state index is -1.04. The maximum absolute atomic E-state index is 10.5. The lowest BCUT2D eigenvalue weighted by Gasteiger charge is -2.08. The van der Waals surface area contributed by atoms with Gasteiger partial charge in [0.25, 0.3) is 0 Å². The van der Waals surface area contributed by atoms with Crippen molar-refractivity contribution in [1.82, 2.24) is 9.55 Å². The average Bonchev–Trinajstić information content (AvgIpc) is 2.32. The van der Waals surface area contributed by atoms with Gasteiger partial charge in [-0.25, -0.2) is 4.98 Å². The van der Waals surface area contributed by atoms with Gasteiger partial charge in [0.2, 0.25) is 5.88 Å². The number of aliphatic carboxylic acids is 1. The molecule has 1 aromatic heterocycles. The number of aryl methyl sites for hydroxylation is 1. The number of hydrogen-bond donors (Lipinski definition) is 3. The number of imidazole rings is 1. The predicted molar refractivity (Wildman–Crippen MR) is 48.9 cm³/mol. The third kappa shape index (κ3) is 1.85. The van der Waals surface area contributed by atoms with Crippen LogP contribution in [0.5, 0.6) is 5.88 Å². The number of nitrogens with zero attached hydrogens (tertiary/aromatic N) is 2. The van der Waals surface area contributed by atoms with Crippen molar-refractivity contribution in [3.63, 3.8) is 0 Å². The predicted octanol–water partition coefficient (Wildman–Crippen LogP) is 0.00142. The molecule has 1 aromatic rings. The zero-order valence-electron chi connectivity index (χ0n) is 8.06. The second-order valence-corrected chi connectivity index (χ2v) is 3.15. The molecule has 0 aliphatic carbocycles. The largest absolute Gasteiger partial charge is 0.493 e. The van der Waals surface area contributed by atoms with Gasteiger partial charge in [0.05, 0.1) is 11.7 Å². The minimum Gasteiger partial charge on any atom is -0.493 e. The van der Waals surface area contributed by atoms with Gasteiger partial charge in [-0.15, -0.1) is 0 Å². The van der Waals surface area contributed by atoms with Crippen molar-refractivity contribution >= 4 is 5.97 Å². The lowest BCUT2D eigenvalue weighted by Crippen LogP contribution is -2.17. The molecule has 0 aromatic carbocycles. The Morgan fingerprint density at radius 2 is 2.29 bits per heavy atom. The number of nitrogens with two attached hydrogens (primary N) is 1. The van der Waals surface area contributed by atoms with Crippen LogP contribution in [0.1, 0.15) is 24.5 Å². The number of carboxylic acid groups (broad SMARTS) is 1. The Balaban J connectivity index is 3.16. The highest BCUT2D eigenvalue weighted by atomic mass is 16.4. The number of hydrogen-bond acceptors (Lipinski definition) is 4. The van der Waals surface area contributed by atoms with Gasteiger partial charge >= 0.3 is 5.97 Å². The zero-order chi connectivity index (χ0) is 10.9. The fraction of sp³-hybridized carbons (Fsp3) is 0.500. The van der Waals surface area contributed by atoms with Gasteiger partial charge in [-0.3, -0.25) is 9.36 Å². The highest BCUT2D eigenvalue weighted by Crippen LogP contribution is 2.21. The molecule has 14 heavy (non-hydrogen) atoms. The van der Waals surface area contributed by atoms with Crippen molar-refractivity contribution in [2.45, 2.75) is 26.4 Å². The molecule has 0 bridgehead atoms. The molecule has 0 fully saturated rings. The van der Waals surface area contributed by atoms with E-state index in [4.69, 9.17) is 10.8 Å². The molecule has 6 heteroatoms. The van der Waals surface area contributed by atoms with Gasteiger partial charge in [-0.05, 0) is 13.8 Å². The maximum Gasteiger partial charge on any atom is 0.323 e. The molecule has 0 saturated heterocycles. The van der Waals surface area contributed by atoms with Crippen LogP contribution in [0.2, 0.25) is 0 Å². The number of aromatic hydroxyl groups is 1. The van der Waals surface area contributed by atoms with Crippen LogP contribution in [0.4, 0.5) is 0 Å². The number of rotatable bonds is 3. The SMILES string of the molecule is Cc1nc([C@H](C)N)n(CC(=O)O)c1O. The number of carboxylic acids is 1. The molecule has 1 atom stereocenters. The first-order valence-electron chi connectivity index (χ1n) is 4.16. The summed E-state index contributed by atoms with van der Waals surface area (Å²) >= 11 is 0. The summed E-state index contributed by atoms with van der Waals surface area (Å²) in [5.74, 6) is -0.804. The average molecular weight is 199 g/mol. The molecular formula is C8H13N3O3. The van der Waals surface area contributed by atoms with E-state index < -0.39 is 12.0 Å². The molecule has 78 valence electrons. The van der Waals surface area contributed by atoms with E-state index in [9.17, 15) is 9.90 Å². The monoisotopic (exact) mass is 199 g/mol. The summed E-state index contributed by atoms with van der Waals surface area (Å²) in [7, 11) is 0. The first-order valence-corrected chi connectivity index (χ1v) is 4.16. The quantitative estimate of drug-likeness (QED) is 0.636. The Morgan fingerprint density at radius 3 is 2.71 bits per heavy atom. The van der Waals surface area contributed by atoms with Gasteiger partial charge in [0.1, 0.15) is 12.4 Å². The van der Waals surface area contributed by atoms with E-state index >= 15 is 0 Å². The van der Waals surface area contributed by atoms with Crippen LogP contribution in [0, 0.1) is 6.92 Å². The zero-order valence-corrected chi connectivity index (χ0v) is 8.06. The lowest BCUT2D eigenvalue weighted by atomic mass is 10.3. The standard InChI is InChI=1S/C8H13N3O3/c1-4(9)7-10-5(2)8(14)11(7)3-6(12)13/h4,14H,3,9H2,1-2H3,(H,12,13)/t4-/m0/s1. The van der Waals surface area contributed by atoms with Gasteiger partial charge in [0, 0.05) is 0 Å². The second-order valence-electron chi connectivity index (χ2n) is 3.15. The Bertz CT molecular complexity index is 357. The van der Waals surface area contributed by atoms with Crippen LogP contribution < -0.4 is 5.73 Å². The van der Waals surface area contributed by atoms with Crippen LogP contribution >= 0.6 is 0 Å². The van der Waals surface area contributed by atoms with Crippen molar-refractivity contribution in [2.75, 3.05) is 0 Å². The van der Waals surface area contributed by atoms with Crippen molar-refractivity contribution in [1.29, 1.82) is 0 Å². The van der Waals surface area contributed by atoms with Gasteiger partial charge in [-0.2, -0.15) is 0 Å². The smallest absolute Gasteiger partial charge is 0.323 e. The molecule has 0 aliphatic rings. The first-order chi connectivity index (χ1) is 6.43. The third-order valence-corrected chi connectivity index (χ3v) is 1.84. The molecule has 1 heterocycles. The Kier molecular flexibility index (Phi) is 2.76. The summed E-state index contributed by atoms with van der Waals surface area (Å²) < 4.78 is 1.20. The van der Waals surface area contributed by atoms with E-state index in [1.54, 1.807) is 13.8 Å². The molecule has 0 amide bonds. The fourth-order valence-corrected chi connectivity index (χ4v) is 1.22. The number of carbonyl (C=O) groups is 1. The van der Waals surface area contributed by atoms with Gasteiger partial charge in [0.15, 0.2) is 0 Å². The number of aromatic nitrogens is 2. The van der Waals surface area contributed by atoms with Crippen LogP contribution in [0.25, 0.3) is 0 Å². The van der Waals surface area contributed by atoms with Crippen molar-refractivity contribution in [3.8, 4) is 5.88 Å². The Labute approximate surface area is 81.0 Å². The summed E-state index contributed by atoms with van der Waals surface area (Å²) in [5, 5.41) is 18.1. The van der Waals surface area contributed by atoms with Crippen molar-refractivity contribution in [3.05, 3.63) is 11.5 Å². The summed E-state index contributed by atoms with van der Waals surface area (Å²) in [6, 6.07) is -0.408. The molecule has 0 aliphatic heterocycles. The van der Waals surface area contributed by atoms with E-state index in [-0.39, 0.29) is 12.4 Å². The Hall–Kier alpha value is -1.56. The molecule has 0 spiro atoms. The van der Waals surface area contributed by atoms with Crippen molar-refractivity contribution < 1.29 is 15.0 Å². The lowest BCUT2D eigenvalue weighted by molar-refractivity contribution is -0.137. The molecule has 4 N–H and O–H groups in total. The van der Waals surface area contributed by atoms with E-state index in [1.165, 1.54) is 4.57 Å². The molecule has 0 unspecified atom stereocenters. The first kappa shape index (κ1) is 10.5. The third-order valence-electron chi connectivity index (χ3n) is 1.84. The highest BCUT2D eigenvalue weighted by Gasteiger charge is 2.17. The van der Waals surface area contributed by atoms with Crippen LogP contribution in [0.15, 0.2) is 0 Å². The molecular weight excluding hydrogens is 186 g/mol. The summed E-state index contributed by atoms with van der Waals surface area (Å²) in [4.78, 5) is 14.5. The van der Waals surface area contributed by atoms with Crippen LogP contribution in [-0.4, -0.2) is 25.7 Å². The summed E-state index contributed by atoms with van der Waals surface area (Å²) in [5.41, 5.74) is 5.97. The highest BCUT2D eigenvalue weighted by molar-refractivity contribution is 5.67. The summed E-state index contributed by atoms with van der Waals surface area (Å²) in [6.07, 6.45) is 0. The van der Waals surface area contributed by atoms with Crippen LogP contribution in [0.3, 0.4) is 0 Å². The summed E-state index contributed by atoms with van der Waals surface area (Å²) in [6.45, 7) is 2.95. The maximum atomic E-state index is 10.5. The van der Waals surface area contributed by atoms with E-state index in [0.717, 1.165) is 0 Å². The molecule has 1 rings (SSSR count). The second kappa shape index (κ2) is 3.67. The molecule has 0 saturated carbocycles. The van der Waals surface area contributed by atoms with E-state index in [2.05, 4.69) is 4.98 Å². The normalized spacial score (nSPS) is 12.8. The molecule has 6 nitrogen and oxygen atoms in total.